The van der Waals surface area contributed by atoms with E-state index < -0.39 is 0 Å². The second-order valence-corrected chi connectivity index (χ2v) is 7.80. The number of hydrogen-bond acceptors (Lipinski definition) is 3. The van der Waals surface area contributed by atoms with Crippen molar-refractivity contribution in [3.63, 3.8) is 0 Å². The first-order valence-electron chi connectivity index (χ1n) is 8.89. The third-order valence-electron chi connectivity index (χ3n) is 4.96. The lowest BCUT2D eigenvalue weighted by atomic mass is 10.0. The Labute approximate surface area is 163 Å². The van der Waals surface area contributed by atoms with Crippen LogP contribution < -0.4 is 5.32 Å². The van der Waals surface area contributed by atoms with Crippen LogP contribution in [0.4, 0.5) is 0 Å². The molecule has 0 radical (unpaired) electrons. The van der Waals surface area contributed by atoms with Gasteiger partial charge in [0.2, 0.25) is 0 Å². The van der Waals surface area contributed by atoms with Crippen LogP contribution in [0.3, 0.4) is 0 Å². The summed E-state index contributed by atoms with van der Waals surface area (Å²) in [6, 6.07) is 8.24. The number of rotatable bonds is 3. The zero-order valence-corrected chi connectivity index (χ0v) is 16.5. The number of aromatic nitrogens is 2. The highest BCUT2D eigenvalue weighted by atomic mass is 35.5. The molecule has 0 aliphatic carbocycles. The number of benzene rings is 1. The fourth-order valence-corrected chi connectivity index (χ4v) is 4.16. The number of nitrogens with zero attached hydrogens (tertiary/aromatic N) is 3. The highest BCUT2D eigenvalue weighted by Crippen LogP contribution is 2.32. The van der Waals surface area contributed by atoms with Crippen molar-refractivity contribution in [3.05, 3.63) is 57.3 Å². The molecule has 26 heavy (non-hydrogen) atoms. The SMILES string of the molecule is Cc1ccc(-c2nc3c(Cl)cc(Cl)cn3c2CN2CCNCC2)c(C)c1. The molecule has 3 heterocycles. The first-order valence-corrected chi connectivity index (χ1v) is 9.65. The van der Waals surface area contributed by atoms with Crippen LogP contribution in [0.2, 0.25) is 10.0 Å². The van der Waals surface area contributed by atoms with Gasteiger partial charge in [0.05, 0.1) is 21.4 Å². The van der Waals surface area contributed by atoms with Crippen molar-refractivity contribution < 1.29 is 0 Å². The molecule has 1 N–H and O–H groups in total. The molecule has 0 saturated carbocycles. The third-order valence-corrected chi connectivity index (χ3v) is 5.45. The van der Waals surface area contributed by atoms with E-state index in [4.69, 9.17) is 28.2 Å². The highest BCUT2D eigenvalue weighted by Gasteiger charge is 2.21. The molecule has 3 aromatic rings. The number of hydrogen-bond donors (Lipinski definition) is 1. The number of halogens is 2. The maximum Gasteiger partial charge on any atom is 0.156 e. The summed E-state index contributed by atoms with van der Waals surface area (Å²) in [4.78, 5) is 7.36. The second-order valence-electron chi connectivity index (χ2n) is 6.95. The van der Waals surface area contributed by atoms with Gasteiger partial charge in [0.25, 0.3) is 0 Å². The number of nitrogens with one attached hydrogen (secondary N) is 1. The van der Waals surface area contributed by atoms with Crippen LogP contribution in [0.1, 0.15) is 16.8 Å². The number of imidazole rings is 1. The van der Waals surface area contributed by atoms with E-state index in [1.165, 1.54) is 11.1 Å². The largest absolute Gasteiger partial charge is 0.314 e. The molecule has 0 spiro atoms. The molecule has 1 fully saturated rings. The Bertz CT molecular complexity index is 958. The number of pyridine rings is 1. The molecule has 4 nitrogen and oxygen atoms in total. The van der Waals surface area contributed by atoms with Crippen molar-refractivity contribution in [1.82, 2.24) is 19.6 Å². The van der Waals surface area contributed by atoms with Gasteiger partial charge in [-0.15, -0.1) is 0 Å². The van der Waals surface area contributed by atoms with Crippen molar-refractivity contribution in [2.45, 2.75) is 20.4 Å². The third kappa shape index (κ3) is 3.35. The van der Waals surface area contributed by atoms with E-state index in [0.29, 0.717) is 10.0 Å². The zero-order valence-electron chi connectivity index (χ0n) is 15.0. The van der Waals surface area contributed by atoms with Crippen LogP contribution >= 0.6 is 23.2 Å². The van der Waals surface area contributed by atoms with Crippen LogP contribution in [0.25, 0.3) is 16.9 Å². The smallest absolute Gasteiger partial charge is 0.156 e. The quantitative estimate of drug-likeness (QED) is 0.724. The van der Waals surface area contributed by atoms with Gasteiger partial charge in [0.15, 0.2) is 5.65 Å². The molecule has 0 unspecified atom stereocenters. The van der Waals surface area contributed by atoms with E-state index in [-0.39, 0.29) is 0 Å². The molecular formula is C20H22Cl2N4. The molecule has 0 bridgehead atoms. The standard InChI is InChI=1S/C20H22Cl2N4/c1-13-3-4-16(14(2)9-13)19-18(12-25-7-5-23-6-8-25)26-11-15(21)10-17(22)20(26)24-19/h3-4,9-11,23H,5-8,12H2,1-2H3. The van der Waals surface area contributed by atoms with E-state index in [1.54, 1.807) is 6.07 Å². The zero-order chi connectivity index (χ0) is 18.3. The molecule has 1 saturated heterocycles. The summed E-state index contributed by atoms with van der Waals surface area (Å²) in [6.45, 7) is 9.13. The average molecular weight is 389 g/mol. The summed E-state index contributed by atoms with van der Waals surface area (Å²) in [5.41, 5.74) is 6.51. The maximum absolute atomic E-state index is 6.45. The summed E-state index contributed by atoms with van der Waals surface area (Å²) >= 11 is 12.7. The Morgan fingerprint density at radius 2 is 1.88 bits per heavy atom. The van der Waals surface area contributed by atoms with Crippen molar-refractivity contribution in [2.24, 2.45) is 0 Å². The van der Waals surface area contributed by atoms with Gasteiger partial charge in [-0.1, -0.05) is 47.0 Å². The molecule has 1 aliphatic rings. The van der Waals surface area contributed by atoms with Gasteiger partial charge in [-0.2, -0.15) is 0 Å². The number of aryl methyl sites for hydroxylation is 2. The van der Waals surface area contributed by atoms with Crippen LogP contribution in [-0.2, 0) is 6.54 Å². The van der Waals surface area contributed by atoms with Gasteiger partial charge >= 0.3 is 0 Å². The predicted molar refractivity (Wildman–Crippen MR) is 108 cm³/mol. The highest BCUT2D eigenvalue weighted by molar-refractivity contribution is 6.36. The topological polar surface area (TPSA) is 32.6 Å². The summed E-state index contributed by atoms with van der Waals surface area (Å²) in [5.74, 6) is 0. The summed E-state index contributed by atoms with van der Waals surface area (Å²) in [7, 11) is 0. The van der Waals surface area contributed by atoms with Crippen LogP contribution in [-0.4, -0.2) is 40.5 Å². The van der Waals surface area contributed by atoms with Gasteiger partial charge in [-0.25, -0.2) is 4.98 Å². The molecule has 1 aliphatic heterocycles. The molecule has 136 valence electrons. The summed E-state index contributed by atoms with van der Waals surface area (Å²) in [5, 5.41) is 4.60. The first kappa shape index (κ1) is 17.8. The van der Waals surface area contributed by atoms with Crippen molar-refractivity contribution in [3.8, 4) is 11.3 Å². The lowest BCUT2D eigenvalue weighted by Gasteiger charge is -2.27. The van der Waals surface area contributed by atoms with E-state index >= 15 is 0 Å². The van der Waals surface area contributed by atoms with E-state index in [9.17, 15) is 0 Å². The molecule has 0 amide bonds. The van der Waals surface area contributed by atoms with E-state index in [1.807, 2.05) is 6.20 Å². The van der Waals surface area contributed by atoms with Crippen LogP contribution in [0.15, 0.2) is 30.5 Å². The van der Waals surface area contributed by atoms with Gasteiger partial charge in [0.1, 0.15) is 0 Å². The Hall–Kier alpha value is -1.59. The molecular weight excluding hydrogens is 367 g/mol. The minimum absolute atomic E-state index is 0.579. The minimum Gasteiger partial charge on any atom is -0.314 e. The predicted octanol–water partition coefficient (Wildman–Crippen LogP) is 4.33. The van der Waals surface area contributed by atoms with E-state index in [0.717, 1.165) is 55.3 Å². The van der Waals surface area contributed by atoms with E-state index in [2.05, 4.69) is 46.7 Å². The van der Waals surface area contributed by atoms with Crippen molar-refractivity contribution in [2.75, 3.05) is 26.2 Å². The fraction of sp³-hybridized carbons (Fsp3) is 0.350. The normalized spacial score (nSPS) is 15.7. The lowest BCUT2D eigenvalue weighted by Crippen LogP contribution is -2.43. The monoisotopic (exact) mass is 388 g/mol. The number of piperazine rings is 1. The fourth-order valence-electron chi connectivity index (χ4n) is 3.65. The van der Waals surface area contributed by atoms with Crippen molar-refractivity contribution >= 4 is 28.8 Å². The molecule has 4 rings (SSSR count). The Morgan fingerprint density at radius 3 is 2.62 bits per heavy atom. The summed E-state index contributed by atoms with van der Waals surface area (Å²) in [6.07, 6.45) is 1.92. The molecule has 2 aromatic heterocycles. The maximum atomic E-state index is 6.45. The average Bonchev–Trinajstić information content (AvgIpc) is 2.95. The van der Waals surface area contributed by atoms with Crippen molar-refractivity contribution in [1.29, 1.82) is 0 Å². The molecule has 6 heteroatoms. The number of fused-ring (bicyclic) bond motifs is 1. The second kappa shape index (κ2) is 7.20. The minimum atomic E-state index is 0.579. The van der Waals surface area contributed by atoms with Gasteiger partial charge in [-0.3, -0.25) is 9.30 Å². The Kier molecular flexibility index (Phi) is 4.93. The Morgan fingerprint density at radius 1 is 1.12 bits per heavy atom. The Balaban J connectivity index is 1.90. The lowest BCUT2D eigenvalue weighted by molar-refractivity contribution is 0.230. The van der Waals surface area contributed by atoms with Crippen LogP contribution in [0, 0.1) is 13.8 Å². The molecule has 0 atom stereocenters. The first-order chi connectivity index (χ1) is 12.5. The molecule has 1 aromatic carbocycles. The summed E-state index contributed by atoms with van der Waals surface area (Å²) < 4.78 is 2.06. The van der Waals surface area contributed by atoms with Gasteiger partial charge in [0, 0.05) is 44.5 Å². The van der Waals surface area contributed by atoms with Gasteiger partial charge in [-0.05, 0) is 25.5 Å². The van der Waals surface area contributed by atoms with Crippen LogP contribution in [0.5, 0.6) is 0 Å². The van der Waals surface area contributed by atoms with Gasteiger partial charge < -0.3 is 5.32 Å².